The Balaban J connectivity index is 2.25. The number of benzene rings is 2. The van der Waals surface area contributed by atoms with E-state index in [0.717, 1.165) is 40.4 Å². The highest BCUT2D eigenvalue weighted by Crippen LogP contribution is 2.37. The van der Waals surface area contributed by atoms with Crippen molar-refractivity contribution in [2.75, 3.05) is 29.0 Å². The van der Waals surface area contributed by atoms with Gasteiger partial charge in [0.15, 0.2) is 0 Å². The Morgan fingerprint density at radius 2 is 1.81 bits per heavy atom. The number of para-hydroxylation sites is 1. The molecule has 4 nitrogen and oxygen atoms in total. The Hall–Kier alpha value is -1.93. The molecule has 2 aromatic carbocycles. The maximum atomic E-state index is 13.1. The van der Waals surface area contributed by atoms with Crippen LogP contribution in [0.1, 0.15) is 18.1 Å². The smallest absolute Gasteiger partial charge is 0.383 e. The molecule has 0 unspecified atom stereocenters. The monoisotopic (exact) mass is 420 g/mol. The molecule has 9 heteroatoms. The van der Waals surface area contributed by atoms with Crippen LogP contribution >= 0.6 is 11.6 Å². The molecule has 0 aliphatic rings. The lowest BCUT2D eigenvalue weighted by Gasteiger charge is -2.24. The first kappa shape index (κ1) is 21.4. The minimum Gasteiger partial charge on any atom is -0.383 e. The third kappa shape index (κ3) is 5.52. The molecular weight excluding hydrogens is 401 g/mol. The number of alkyl halides is 3. The zero-order chi connectivity index (χ0) is 20.2. The van der Waals surface area contributed by atoms with Crippen molar-refractivity contribution in [3.8, 4) is 0 Å². The second-order valence-electron chi connectivity index (χ2n) is 5.93. The average molecular weight is 421 g/mol. The zero-order valence-corrected chi connectivity index (χ0v) is 16.4. The molecule has 0 heterocycles. The van der Waals surface area contributed by atoms with Gasteiger partial charge in [-0.05, 0) is 36.2 Å². The zero-order valence-electron chi connectivity index (χ0n) is 14.8. The van der Waals surface area contributed by atoms with Crippen LogP contribution in [0.3, 0.4) is 0 Å². The van der Waals surface area contributed by atoms with E-state index >= 15 is 0 Å². The molecule has 0 radical (unpaired) electrons. The van der Waals surface area contributed by atoms with Gasteiger partial charge in [0.05, 0.1) is 29.1 Å². The van der Waals surface area contributed by atoms with E-state index in [2.05, 4.69) is 5.32 Å². The topological polar surface area (TPSA) is 49.4 Å². The van der Waals surface area contributed by atoms with Gasteiger partial charge in [-0.15, -0.1) is 0 Å². The van der Waals surface area contributed by atoms with Crippen molar-refractivity contribution in [2.24, 2.45) is 0 Å². The summed E-state index contributed by atoms with van der Waals surface area (Å²) in [4.78, 5) is 0. The van der Waals surface area contributed by atoms with Crippen LogP contribution in [0.5, 0.6) is 0 Å². The lowest BCUT2D eigenvalue weighted by molar-refractivity contribution is -0.137. The summed E-state index contributed by atoms with van der Waals surface area (Å²) >= 11 is 5.62. The Morgan fingerprint density at radius 3 is 2.41 bits per heavy atom. The Kier molecular flexibility index (Phi) is 6.64. The van der Waals surface area contributed by atoms with Gasteiger partial charge in [-0.25, -0.2) is 8.42 Å². The van der Waals surface area contributed by atoms with Crippen LogP contribution in [-0.2, 0) is 22.6 Å². The summed E-state index contributed by atoms with van der Waals surface area (Å²) < 4.78 is 64.4. The number of halogens is 4. The number of anilines is 2. The van der Waals surface area contributed by atoms with Crippen molar-refractivity contribution >= 4 is 33.0 Å². The summed E-state index contributed by atoms with van der Waals surface area (Å²) in [6.45, 7) is 2.19. The maximum absolute atomic E-state index is 13.1. The van der Waals surface area contributed by atoms with Crippen molar-refractivity contribution in [3.05, 3.63) is 58.6 Å². The van der Waals surface area contributed by atoms with E-state index < -0.39 is 26.8 Å². The number of hydrogen-bond acceptors (Lipinski definition) is 3. The van der Waals surface area contributed by atoms with Crippen molar-refractivity contribution in [2.45, 2.75) is 19.5 Å². The quantitative estimate of drug-likeness (QED) is 0.700. The molecule has 1 N–H and O–H groups in total. The minimum absolute atomic E-state index is 0.0319. The first-order valence-corrected chi connectivity index (χ1v) is 10.4. The normalized spacial score (nSPS) is 12.1. The van der Waals surface area contributed by atoms with E-state index in [1.54, 1.807) is 0 Å². The molecule has 0 atom stereocenters. The van der Waals surface area contributed by atoms with E-state index in [9.17, 15) is 21.6 Å². The largest absolute Gasteiger partial charge is 0.417 e. The third-order valence-corrected chi connectivity index (χ3v) is 5.50. The average Bonchev–Trinajstić information content (AvgIpc) is 2.58. The Labute approximate surface area is 162 Å². The summed E-state index contributed by atoms with van der Waals surface area (Å²) in [5.74, 6) is 0. The molecule has 2 rings (SSSR count). The van der Waals surface area contributed by atoms with Crippen LogP contribution in [0.25, 0.3) is 0 Å². The molecule has 27 heavy (non-hydrogen) atoms. The third-order valence-electron chi connectivity index (χ3n) is 3.97. The fourth-order valence-electron chi connectivity index (χ4n) is 2.67. The van der Waals surface area contributed by atoms with Gasteiger partial charge >= 0.3 is 6.18 Å². The summed E-state index contributed by atoms with van der Waals surface area (Å²) in [7, 11) is -3.78. The molecule has 0 bridgehead atoms. The number of nitrogens with zero attached hydrogens (tertiary/aromatic N) is 1. The van der Waals surface area contributed by atoms with Crippen molar-refractivity contribution in [1.82, 2.24) is 0 Å². The second kappa shape index (κ2) is 8.39. The van der Waals surface area contributed by atoms with E-state index in [1.165, 1.54) is 6.07 Å². The molecule has 0 aliphatic carbocycles. The van der Waals surface area contributed by atoms with E-state index in [0.29, 0.717) is 0 Å². The molecule has 2 aromatic rings. The maximum Gasteiger partial charge on any atom is 0.417 e. The Morgan fingerprint density at radius 1 is 1.15 bits per heavy atom. The van der Waals surface area contributed by atoms with Crippen LogP contribution in [0.4, 0.5) is 24.5 Å². The summed E-state index contributed by atoms with van der Waals surface area (Å²) in [6, 6.07) is 10.6. The van der Waals surface area contributed by atoms with Gasteiger partial charge in [0, 0.05) is 12.2 Å². The SMILES string of the molecule is CCc1ccccc1NCCN(c1ccc(Cl)c(C(F)(F)F)c1)S(C)(=O)=O. The molecule has 0 aliphatic heterocycles. The van der Waals surface area contributed by atoms with Gasteiger partial charge < -0.3 is 5.32 Å². The minimum atomic E-state index is -4.67. The van der Waals surface area contributed by atoms with E-state index in [1.807, 2.05) is 31.2 Å². The second-order valence-corrected chi connectivity index (χ2v) is 8.25. The number of sulfonamides is 1. The highest BCUT2D eigenvalue weighted by molar-refractivity contribution is 7.92. The number of hydrogen-bond donors (Lipinski definition) is 1. The highest BCUT2D eigenvalue weighted by atomic mass is 35.5. The van der Waals surface area contributed by atoms with Crippen LogP contribution < -0.4 is 9.62 Å². The van der Waals surface area contributed by atoms with E-state index in [4.69, 9.17) is 11.6 Å². The van der Waals surface area contributed by atoms with Crippen molar-refractivity contribution in [1.29, 1.82) is 0 Å². The lowest BCUT2D eigenvalue weighted by Crippen LogP contribution is -2.34. The number of aryl methyl sites for hydroxylation is 1. The molecular formula is C18H20ClF3N2O2S. The van der Waals surface area contributed by atoms with Crippen LogP contribution in [0.2, 0.25) is 5.02 Å². The van der Waals surface area contributed by atoms with E-state index in [-0.39, 0.29) is 18.8 Å². The van der Waals surface area contributed by atoms with Crippen molar-refractivity contribution < 1.29 is 21.6 Å². The van der Waals surface area contributed by atoms with Crippen molar-refractivity contribution in [3.63, 3.8) is 0 Å². The predicted molar refractivity (Wildman–Crippen MR) is 103 cm³/mol. The highest BCUT2D eigenvalue weighted by Gasteiger charge is 2.34. The molecule has 0 amide bonds. The van der Waals surface area contributed by atoms with Gasteiger partial charge in [0.1, 0.15) is 0 Å². The fourth-order valence-corrected chi connectivity index (χ4v) is 3.81. The molecule has 148 valence electrons. The lowest BCUT2D eigenvalue weighted by atomic mass is 10.1. The summed E-state index contributed by atoms with van der Waals surface area (Å²) in [5, 5.41) is 2.66. The van der Waals surface area contributed by atoms with Crippen LogP contribution in [0.15, 0.2) is 42.5 Å². The molecule has 0 saturated carbocycles. The molecule has 0 fully saturated rings. The summed E-state index contributed by atoms with van der Waals surface area (Å²) in [5.41, 5.74) is 0.772. The Bertz CT molecular complexity index is 902. The standard InChI is InChI=1S/C18H20ClF3N2O2S/c1-3-13-6-4-5-7-17(13)23-10-11-24(27(2,25)26)14-8-9-16(19)15(12-14)18(20,21)22/h4-9,12,23H,3,10-11H2,1-2H3. The van der Waals surface area contributed by atoms with Gasteiger partial charge in [0.25, 0.3) is 0 Å². The number of rotatable bonds is 7. The van der Waals surface area contributed by atoms with Crippen LogP contribution in [-0.4, -0.2) is 27.8 Å². The van der Waals surface area contributed by atoms with Gasteiger partial charge in [-0.2, -0.15) is 13.2 Å². The fraction of sp³-hybridized carbons (Fsp3) is 0.333. The first-order valence-electron chi connectivity index (χ1n) is 8.20. The molecule has 0 aromatic heterocycles. The first-order chi connectivity index (χ1) is 12.5. The molecule has 0 saturated heterocycles. The van der Waals surface area contributed by atoms with Gasteiger partial charge in [-0.1, -0.05) is 36.7 Å². The predicted octanol–water partition coefficient (Wildman–Crippen LogP) is 4.80. The summed E-state index contributed by atoms with van der Waals surface area (Å²) in [6.07, 6.45) is -2.92. The molecule has 0 spiro atoms. The number of nitrogens with one attached hydrogen (secondary N) is 1. The van der Waals surface area contributed by atoms with Crippen LogP contribution in [0, 0.1) is 0 Å². The van der Waals surface area contributed by atoms with Gasteiger partial charge in [0.2, 0.25) is 10.0 Å². The van der Waals surface area contributed by atoms with Gasteiger partial charge in [-0.3, -0.25) is 4.31 Å².